The largest absolute Gasteiger partial charge is 0.573 e. The van der Waals surface area contributed by atoms with Crippen LogP contribution in [0.1, 0.15) is 83.6 Å². The van der Waals surface area contributed by atoms with E-state index in [0.717, 1.165) is 18.9 Å². The second-order valence-corrected chi connectivity index (χ2v) is 11.0. The van der Waals surface area contributed by atoms with Gasteiger partial charge in [-0.25, -0.2) is 0 Å². The van der Waals surface area contributed by atoms with Gasteiger partial charge in [-0.15, -0.1) is 13.2 Å². The molecular formula is C31H43F3N4O5. The van der Waals surface area contributed by atoms with Crippen LogP contribution in [-0.2, 0) is 6.42 Å². The van der Waals surface area contributed by atoms with Crippen LogP contribution in [0.15, 0.2) is 42.5 Å². The van der Waals surface area contributed by atoms with E-state index in [-0.39, 0.29) is 48.0 Å². The fraction of sp³-hybridized carbons (Fsp3) is 0.516. The standard InChI is InChI=1S/C31H43F3N4O5/c1-5-11-37(12-6-2)29(41)23-16-22(28(36)40)17-24(18-23)30(42)38(13-10-20(3)4)19-27(39)26(35)15-21-8-7-9-25(14-21)43-31(32,33)34/h7-9,14,16-18,20,26-27,39H,5-6,10-13,15,19,35H2,1-4H3,(H2,36,40)/t26-,27+/m0/s1. The summed E-state index contributed by atoms with van der Waals surface area (Å²) in [6.07, 6.45) is -4.02. The predicted octanol–water partition coefficient (Wildman–Crippen LogP) is 4.37. The Bertz CT molecular complexity index is 1230. The van der Waals surface area contributed by atoms with Crippen LogP contribution in [-0.4, -0.2) is 77.3 Å². The second kappa shape index (κ2) is 16.3. The molecule has 5 N–H and O–H groups in total. The van der Waals surface area contributed by atoms with Gasteiger partial charge in [0.2, 0.25) is 5.91 Å². The Hall–Kier alpha value is -3.64. The molecule has 238 valence electrons. The maximum Gasteiger partial charge on any atom is 0.573 e. The Balaban J connectivity index is 2.34. The third-order valence-corrected chi connectivity index (χ3v) is 6.75. The van der Waals surface area contributed by atoms with E-state index in [1.165, 1.54) is 35.2 Å². The van der Waals surface area contributed by atoms with E-state index in [0.29, 0.717) is 25.1 Å². The minimum Gasteiger partial charge on any atom is -0.406 e. The van der Waals surface area contributed by atoms with E-state index >= 15 is 0 Å². The van der Waals surface area contributed by atoms with Gasteiger partial charge in [0.15, 0.2) is 0 Å². The second-order valence-electron chi connectivity index (χ2n) is 11.0. The molecule has 2 atom stereocenters. The first-order chi connectivity index (χ1) is 20.1. The molecule has 9 nitrogen and oxygen atoms in total. The molecular weight excluding hydrogens is 565 g/mol. The average Bonchev–Trinajstić information content (AvgIpc) is 2.93. The van der Waals surface area contributed by atoms with Gasteiger partial charge in [0, 0.05) is 48.9 Å². The number of aliphatic hydroxyl groups excluding tert-OH is 1. The maximum atomic E-state index is 13.8. The van der Waals surface area contributed by atoms with Crippen LogP contribution in [0.3, 0.4) is 0 Å². The lowest BCUT2D eigenvalue weighted by Crippen LogP contribution is -2.47. The van der Waals surface area contributed by atoms with Gasteiger partial charge in [-0.1, -0.05) is 39.8 Å². The summed E-state index contributed by atoms with van der Waals surface area (Å²) < 4.78 is 41.8. The number of primary amides is 1. The van der Waals surface area contributed by atoms with Crippen molar-refractivity contribution < 1.29 is 37.4 Å². The van der Waals surface area contributed by atoms with Crippen molar-refractivity contribution in [1.82, 2.24) is 9.80 Å². The summed E-state index contributed by atoms with van der Waals surface area (Å²) in [5, 5.41) is 11.0. The molecule has 2 rings (SSSR count). The highest BCUT2D eigenvalue weighted by atomic mass is 19.4. The van der Waals surface area contributed by atoms with Crippen molar-refractivity contribution in [1.29, 1.82) is 0 Å². The van der Waals surface area contributed by atoms with E-state index < -0.39 is 36.1 Å². The van der Waals surface area contributed by atoms with Crippen LogP contribution in [0.2, 0.25) is 0 Å². The number of nitrogens with two attached hydrogens (primary N) is 2. The third-order valence-electron chi connectivity index (χ3n) is 6.75. The average molecular weight is 609 g/mol. The monoisotopic (exact) mass is 608 g/mol. The molecule has 0 aliphatic rings. The van der Waals surface area contributed by atoms with Gasteiger partial charge in [0.25, 0.3) is 11.8 Å². The molecule has 0 spiro atoms. The summed E-state index contributed by atoms with van der Waals surface area (Å²) in [6.45, 7) is 8.91. The zero-order valence-corrected chi connectivity index (χ0v) is 25.2. The summed E-state index contributed by atoms with van der Waals surface area (Å²) in [7, 11) is 0. The number of carbonyl (C=O) groups excluding carboxylic acids is 3. The van der Waals surface area contributed by atoms with E-state index in [2.05, 4.69) is 4.74 Å². The molecule has 0 saturated carbocycles. The lowest BCUT2D eigenvalue weighted by Gasteiger charge is -2.29. The van der Waals surface area contributed by atoms with Crippen LogP contribution in [0, 0.1) is 5.92 Å². The number of nitrogens with zero attached hydrogens (tertiary/aromatic N) is 2. The Morgan fingerprint density at radius 1 is 0.907 bits per heavy atom. The van der Waals surface area contributed by atoms with Gasteiger partial charge in [0.05, 0.1) is 6.10 Å². The third kappa shape index (κ3) is 11.5. The van der Waals surface area contributed by atoms with E-state index in [1.54, 1.807) is 11.0 Å². The predicted molar refractivity (Wildman–Crippen MR) is 158 cm³/mol. The van der Waals surface area contributed by atoms with Gasteiger partial charge in [0.1, 0.15) is 5.75 Å². The van der Waals surface area contributed by atoms with Crippen molar-refractivity contribution in [3.05, 3.63) is 64.7 Å². The van der Waals surface area contributed by atoms with E-state index in [9.17, 15) is 32.7 Å². The topological polar surface area (TPSA) is 139 Å². The summed E-state index contributed by atoms with van der Waals surface area (Å²) in [4.78, 5) is 42.3. The molecule has 0 saturated heterocycles. The molecule has 0 heterocycles. The van der Waals surface area contributed by atoms with Gasteiger partial charge in [-0.05, 0) is 67.5 Å². The molecule has 43 heavy (non-hydrogen) atoms. The van der Waals surface area contributed by atoms with Crippen molar-refractivity contribution in [3.63, 3.8) is 0 Å². The maximum absolute atomic E-state index is 13.8. The van der Waals surface area contributed by atoms with Crippen molar-refractivity contribution in [2.24, 2.45) is 17.4 Å². The highest BCUT2D eigenvalue weighted by molar-refractivity contribution is 6.04. The zero-order valence-electron chi connectivity index (χ0n) is 25.2. The van der Waals surface area contributed by atoms with Crippen molar-refractivity contribution >= 4 is 17.7 Å². The van der Waals surface area contributed by atoms with Crippen molar-refractivity contribution in [2.75, 3.05) is 26.2 Å². The number of benzene rings is 2. The van der Waals surface area contributed by atoms with Gasteiger partial charge >= 0.3 is 6.36 Å². The summed E-state index contributed by atoms with van der Waals surface area (Å²) in [6, 6.07) is 8.50. The number of aliphatic hydroxyl groups is 1. The smallest absolute Gasteiger partial charge is 0.406 e. The number of rotatable bonds is 16. The Morgan fingerprint density at radius 2 is 1.47 bits per heavy atom. The first-order valence-corrected chi connectivity index (χ1v) is 14.5. The quantitative estimate of drug-likeness (QED) is 0.259. The lowest BCUT2D eigenvalue weighted by atomic mass is 10.00. The molecule has 0 bridgehead atoms. The number of hydrogen-bond acceptors (Lipinski definition) is 6. The number of hydrogen-bond donors (Lipinski definition) is 3. The molecule has 2 aromatic carbocycles. The first kappa shape index (κ1) is 35.6. The fourth-order valence-corrected chi connectivity index (χ4v) is 4.57. The SMILES string of the molecule is CCCN(CCC)C(=O)c1cc(C(N)=O)cc(C(=O)N(CCC(C)C)C[C@@H](O)[C@@H](N)Cc2cccc(OC(F)(F)F)c2)c1. The van der Waals surface area contributed by atoms with Gasteiger partial charge < -0.3 is 31.1 Å². The van der Waals surface area contributed by atoms with Crippen LogP contribution in [0.25, 0.3) is 0 Å². The molecule has 0 fully saturated rings. The van der Waals surface area contributed by atoms with Crippen molar-refractivity contribution in [3.8, 4) is 5.75 Å². The number of alkyl halides is 3. The highest BCUT2D eigenvalue weighted by Gasteiger charge is 2.31. The van der Waals surface area contributed by atoms with Crippen LogP contribution in [0.5, 0.6) is 5.75 Å². The van der Waals surface area contributed by atoms with E-state index in [1.807, 2.05) is 27.7 Å². The molecule has 0 aromatic heterocycles. The molecule has 12 heteroatoms. The number of amides is 3. The van der Waals surface area contributed by atoms with Gasteiger partial charge in [-0.2, -0.15) is 0 Å². The molecule has 0 unspecified atom stereocenters. The molecule has 0 aliphatic heterocycles. The summed E-state index contributed by atoms with van der Waals surface area (Å²) in [5.74, 6) is -1.84. The Kier molecular flexibility index (Phi) is 13.5. The molecule has 3 amide bonds. The van der Waals surface area contributed by atoms with Crippen LogP contribution < -0.4 is 16.2 Å². The number of ether oxygens (including phenoxy) is 1. The summed E-state index contributed by atoms with van der Waals surface area (Å²) in [5.41, 5.74) is 12.4. The minimum atomic E-state index is -4.85. The first-order valence-electron chi connectivity index (χ1n) is 14.5. The van der Waals surface area contributed by atoms with E-state index in [4.69, 9.17) is 11.5 Å². The van der Waals surface area contributed by atoms with Crippen LogP contribution in [0.4, 0.5) is 13.2 Å². The normalized spacial score (nSPS) is 13.0. The zero-order chi connectivity index (χ0) is 32.3. The number of halogens is 3. The van der Waals surface area contributed by atoms with Crippen molar-refractivity contribution in [2.45, 2.75) is 71.9 Å². The van der Waals surface area contributed by atoms with Crippen LogP contribution >= 0.6 is 0 Å². The summed E-state index contributed by atoms with van der Waals surface area (Å²) >= 11 is 0. The minimum absolute atomic E-state index is 0.00386. The fourth-order valence-electron chi connectivity index (χ4n) is 4.57. The Morgan fingerprint density at radius 3 is 1.98 bits per heavy atom. The number of carbonyl (C=O) groups is 3. The lowest BCUT2D eigenvalue weighted by molar-refractivity contribution is -0.274. The van der Waals surface area contributed by atoms with Gasteiger partial charge in [-0.3, -0.25) is 14.4 Å². The molecule has 0 radical (unpaired) electrons. The molecule has 0 aliphatic carbocycles. The molecule has 2 aromatic rings. The highest BCUT2D eigenvalue weighted by Crippen LogP contribution is 2.24. The Labute approximate surface area is 251 Å².